The topological polar surface area (TPSA) is 64.3 Å². The minimum atomic E-state index is -0.752. The lowest BCUT2D eigenvalue weighted by atomic mass is 10.0. The van der Waals surface area contributed by atoms with Gasteiger partial charge in [0.25, 0.3) is 0 Å². The Balaban J connectivity index is 2.07. The zero-order valence-corrected chi connectivity index (χ0v) is 11.0. The van der Waals surface area contributed by atoms with Crippen LogP contribution in [0.3, 0.4) is 0 Å². The molecule has 0 saturated heterocycles. The quantitative estimate of drug-likeness (QED) is 0.851. The van der Waals surface area contributed by atoms with Gasteiger partial charge in [0, 0.05) is 18.6 Å². The first-order valence-electron chi connectivity index (χ1n) is 6.59. The Morgan fingerprint density at radius 1 is 1.47 bits per heavy atom. The van der Waals surface area contributed by atoms with E-state index >= 15 is 0 Å². The molecule has 0 heterocycles. The fourth-order valence-electron chi connectivity index (χ4n) is 2.35. The molecule has 0 aromatic heterocycles. The van der Waals surface area contributed by atoms with Crippen molar-refractivity contribution in [3.63, 3.8) is 0 Å². The van der Waals surface area contributed by atoms with Gasteiger partial charge in [-0.15, -0.1) is 0 Å². The van der Waals surface area contributed by atoms with E-state index in [1.54, 1.807) is 0 Å². The Kier molecular flexibility index (Phi) is 4.18. The van der Waals surface area contributed by atoms with E-state index in [-0.39, 0.29) is 12.5 Å². The normalized spacial score (nSPS) is 16.1. The van der Waals surface area contributed by atoms with Gasteiger partial charge in [0.15, 0.2) is 0 Å². The molecule has 1 saturated carbocycles. The number of aliphatic carboxylic acids is 1. The van der Waals surface area contributed by atoms with Crippen LogP contribution in [0.1, 0.15) is 43.4 Å². The standard InChI is InChI=1S/C15H18N2O2/c1-11(13-4-2-12(10-16)3-5-13)17(14-6-7-14)9-8-15(18)19/h2-5,11,14H,6-9H2,1H3,(H,18,19). The van der Waals surface area contributed by atoms with Gasteiger partial charge in [-0.05, 0) is 37.5 Å². The SMILES string of the molecule is CC(c1ccc(C#N)cc1)N(CCC(=O)O)C1CC1. The fourth-order valence-corrected chi connectivity index (χ4v) is 2.35. The van der Waals surface area contributed by atoms with Crippen LogP contribution in [0.25, 0.3) is 0 Å². The fraction of sp³-hybridized carbons (Fsp3) is 0.467. The number of carbonyl (C=O) groups is 1. The van der Waals surface area contributed by atoms with Gasteiger partial charge in [-0.2, -0.15) is 5.26 Å². The predicted molar refractivity (Wildman–Crippen MR) is 71.6 cm³/mol. The van der Waals surface area contributed by atoms with Crippen LogP contribution >= 0.6 is 0 Å². The van der Waals surface area contributed by atoms with Crippen molar-refractivity contribution in [2.75, 3.05) is 6.54 Å². The number of hydrogen-bond acceptors (Lipinski definition) is 3. The van der Waals surface area contributed by atoms with Crippen molar-refractivity contribution in [3.8, 4) is 6.07 Å². The molecule has 1 N–H and O–H groups in total. The first-order valence-corrected chi connectivity index (χ1v) is 6.59. The maximum absolute atomic E-state index is 10.7. The lowest BCUT2D eigenvalue weighted by molar-refractivity contribution is -0.137. The van der Waals surface area contributed by atoms with Gasteiger partial charge in [-0.25, -0.2) is 0 Å². The Morgan fingerprint density at radius 3 is 2.58 bits per heavy atom. The van der Waals surface area contributed by atoms with E-state index in [9.17, 15) is 4.79 Å². The molecule has 4 nitrogen and oxygen atoms in total. The minimum Gasteiger partial charge on any atom is -0.481 e. The van der Waals surface area contributed by atoms with Crippen LogP contribution in [0.5, 0.6) is 0 Å². The summed E-state index contributed by atoms with van der Waals surface area (Å²) in [7, 11) is 0. The van der Waals surface area contributed by atoms with Crippen LogP contribution in [0.4, 0.5) is 0 Å². The molecule has 1 unspecified atom stereocenters. The molecule has 4 heteroatoms. The van der Waals surface area contributed by atoms with Crippen molar-refractivity contribution in [2.24, 2.45) is 0 Å². The number of benzene rings is 1. The van der Waals surface area contributed by atoms with Crippen molar-refractivity contribution in [1.29, 1.82) is 5.26 Å². The highest BCUT2D eigenvalue weighted by Gasteiger charge is 2.32. The molecule has 1 fully saturated rings. The summed E-state index contributed by atoms with van der Waals surface area (Å²) in [6, 6.07) is 10.4. The third kappa shape index (κ3) is 3.55. The molecular weight excluding hydrogens is 240 g/mol. The monoisotopic (exact) mass is 258 g/mol. The molecule has 0 spiro atoms. The maximum atomic E-state index is 10.7. The van der Waals surface area contributed by atoms with Crippen molar-refractivity contribution >= 4 is 5.97 Å². The van der Waals surface area contributed by atoms with Crippen LogP contribution in [-0.2, 0) is 4.79 Å². The Labute approximate surface area is 113 Å². The second kappa shape index (κ2) is 5.85. The Bertz CT molecular complexity index is 486. The van der Waals surface area contributed by atoms with Gasteiger partial charge in [0.1, 0.15) is 0 Å². The summed E-state index contributed by atoms with van der Waals surface area (Å²) in [5.41, 5.74) is 1.79. The van der Waals surface area contributed by atoms with Gasteiger partial charge in [-0.3, -0.25) is 9.69 Å². The summed E-state index contributed by atoms with van der Waals surface area (Å²) in [4.78, 5) is 13.0. The maximum Gasteiger partial charge on any atom is 0.304 e. The van der Waals surface area contributed by atoms with Crippen molar-refractivity contribution in [2.45, 2.75) is 38.3 Å². The van der Waals surface area contributed by atoms with Crippen LogP contribution < -0.4 is 0 Å². The highest BCUT2D eigenvalue weighted by atomic mass is 16.4. The predicted octanol–water partition coefficient (Wildman–Crippen LogP) is 2.56. The largest absolute Gasteiger partial charge is 0.481 e. The lowest BCUT2D eigenvalue weighted by Gasteiger charge is -2.29. The van der Waals surface area contributed by atoms with E-state index < -0.39 is 5.97 Å². The summed E-state index contributed by atoms with van der Waals surface area (Å²) < 4.78 is 0. The summed E-state index contributed by atoms with van der Waals surface area (Å²) in [5, 5.41) is 17.6. The Morgan fingerprint density at radius 2 is 2.11 bits per heavy atom. The lowest BCUT2D eigenvalue weighted by Crippen LogP contribution is -2.31. The van der Waals surface area contributed by atoms with Crippen molar-refractivity contribution in [3.05, 3.63) is 35.4 Å². The van der Waals surface area contributed by atoms with E-state index in [2.05, 4.69) is 17.9 Å². The number of nitriles is 1. The number of hydrogen-bond donors (Lipinski definition) is 1. The molecule has 0 amide bonds. The van der Waals surface area contributed by atoms with Gasteiger partial charge < -0.3 is 5.11 Å². The second-order valence-corrected chi connectivity index (χ2v) is 5.02. The molecule has 100 valence electrons. The first kappa shape index (κ1) is 13.6. The van der Waals surface area contributed by atoms with Crippen LogP contribution in [-0.4, -0.2) is 28.6 Å². The van der Waals surface area contributed by atoms with E-state index in [1.807, 2.05) is 24.3 Å². The third-order valence-corrected chi connectivity index (χ3v) is 3.62. The van der Waals surface area contributed by atoms with Gasteiger partial charge in [0.05, 0.1) is 18.1 Å². The minimum absolute atomic E-state index is 0.178. The molecule has 1 atom stereocenters. The number of nitrogens with zero attached hydrogens (tertiary/aromatic N) is 2. The van der Waals surface area contributed by atoms with Crippen LogP contribution in [0, 0.1) is 11.3 Å². The molecule has 1 aliphatic carbocycles. The molecule has 0 bridgehead atoms. The highest BCUT2D eigenvalue weighted by Crippen LogP contribution is 2.34. The van der Waals surface area contributed by atoms with Gasteiger partial charge >= 0.3 is 5.97 Å². The number of carboxylic acids is 1. The van der Waals surface area contributed by atoms with Crippen molar-refractivity contribution in [1.82, 2.24) is 4.90 Å². The van der Waals surface area contributed by atoms with Gasteiger partial charge in [0.2, 0.25) is 0 Å². The molecule has 1 aromatic carbocycles. The molecule has 1 aromatic rings. The average Bonchev–Trinajstić information content (AvgIpc) is 3.23. The van der Waals surface area contributed by atoms with E-state index in [0.717, 1.165) is 18.4 Å². The Hall–Kier alpha value is -1.86. The number of rotatable bonds is 6. The zero-order chi connectivity index (χ0) is 13.8. The summed E-state index contributed by atoms with van der Waals surface area (Å²) in [6.45, 7) is 2.68. The van der Waals surface area contributed by atoms with E-state index in [1.165, 1.54) is 0 Å². The first-order chi connectivity index (χ1) is 9.11. The molecule has 0 radical (unpaired) electrons. The number of carboxylic acid groups (broad SMARTS) is 1. The van der Waals surface area contributed by atoms with E-state index in [4.69, 9.17) is 10.4 Å². The molecular formula is C15H18N2O2. The summed E-state index contributed by atoms with van der Waals surface area (Å²) in [5.74, 6) is -0.752. The molecule has 2 rings (SSSR count). The van der Waals surface area contributed by atoms with Gasteiger partial charge in [-0.1, -0.05) is 12.1 Å². The highest BCUT2D eigenvalue weighted by molar-refractivity contribution is 5.66. The zero-order valence-electron chi connectivity index (χ0n) is 11.0. The molecule has 1 aliphatic rings. The molecule has 19 heavy (non-hydrogen) atoms. The van der Waals surface area contributed by atoms with Crippen LogP contribution in [0.2, 0.25) is 0 Å². The summed E-state index contributed by atoms with van der Waals surface area (Å²) >= 11 is 0. The summed E-state index contributed by atoms with van der Waals surface area (Å²) in [6.07, 6.45) is 2.48. The molecule has 0 aliphatic heterocycles. The van der Waals surface area contributed by atoms with Crippen LogP contribution in [0.15, 0.2) is 24.3 Å². The third-order valence-electron chi connectivity index (χ3n) is 3.62. The smallest absolute Gasteiger partial charge is 0.304 e. The van der Waals surface area contributed by atoms with E-state index in [0.29, 0.717) is 18.2 Å². The second-order valence-electron chi connectivity index (χ2n) is 5.02. The van der Waals surface area contributed by atoms with Crippen molar-refractivity contribution < 1.29 is 9.90 Å². The average molecular weight is 258 g/mol.